The Labute approximate surface area is 146 Å². The molecule has 0 aliphatic rings. The van der Waals surface area contributed by atoms with E-state index in [0.717, 1.165) is 5.56 Å². The number of nitrogens with zero attached hydrogens (tertiary/aromatic N) is 1. The second-order valence-electron chi connectivity index (χ2n) is 5.20. The van der Waals surface area contributed by atoms with E-state index >= 15 is 0 Å². The third kappa shape index (κ3) is 3.38. The molecule has 1 aromatic heterocycles. The van der Waals surface area contributed by atoms with Gasteiger partial charge in [0.25, 0.3) is 5.56 Å². The standard InChI is InChI=1S/C18H14BrFN2O2/c1-11-15(19)18(23)22-17(21-11)13-8-5-9-14(20)16(13)24-10-12-6-3-2-4-7-12/h2-9H,10H2,1H3,(H,21,22,23). The van der Waals surface area contributed by atoms with Gasteiger partial charge >= 0.3 is 0 Å². The van der Waals surface area contributed by atoms with Crippen molar-refractivity contribution in [3.63, 3.8) is 0 Å². The molecule has 0 bridgehead atoms. The number of hydrogen-bond acceptors (Lipinski definition) is 3. The molecule has 0 aliphatic heterocycles. The van der Waals surface area contributed by atoms with Gasteiger partial charge in [-0.3, -0.25) is 4.79 Å². The van der Waals surface area contributed by atoms with Gasteiger partial charge in [0, 0.05) is 0 Å². The summed E-state index contributed by atoms with van der Waals surface area (Å²) >= 11 is 3.17. The zero-order chi connectivity index (χ0) is 17.1. The van der Waals surface area contributed by atoms with E-state index in [1.54, 1.807) is 19.1 Å². The quantitative estimate of drug-likeness (QED) is 0.727. The number of para-hydroxylation sites is 1. The molecule has 1 N–H and O–H groups in total. The third-order valence-electron chi connectivity index (χ3n) is 3.48. The van der Waals surface area contributed by atoms with Crippen molar-refractivity contribution < 1.29 is 9.13 Å². The van der Waals surface area contributed by atoms with Crippen LogP contribution >= 0.6 is 15.9 Å². The summed E-state index contributed by atoms with van der Waals surface area (Å²) in [4.78, 5) is 18.9. The van der Waals surface area contributed by atoms with Gasteiger partial charge in [0.1, 0.15) is 16.9 Å². The summed E-state index contributed by atoms with van der Waals surface area (Å²) in [6, 6.07) is 14.0. The third-order valence-corrected chi connectivity index (χ3v) is 4.41. The summed E-state index contributed by atoms with van der Waals surface area (Å²) < 4.78 is 20.3. The van der Waals surface area contributed by atoms with E-state index in [9.17, 15) is 9.18 Å². The van der Waals surface area contributed by atoms with E-state index in [-0.39, 0.29) is 23.7 Å². The minimum atomic E-state index is -0.508. The molecule has 0 spiro atoms. The molecule has 0 radical (unpaired) electrons. The van der Waals surface area contributed by atoms with Crippen LogP contribution < -0.4 is 10.3 Å². The van der Waals surface area contributed by atoms with Crippen LogP contribution in [0.2, 0.25) is 0 Å². The summed E-state index contributed by atoms with van der Waals surface area (Å²) in [6.07, 6.45) is 0. The van der Waals surface area contributed by atoms with Crippen molar-refractivity contribution in [2.24, 2.45) is 0 Å². The first kappa shape index (κ1) is 16.4. The number of aromatic amines is 1. The maximum absolute atomic E-state index is 14.3. The number of rotatable bonds is 4. The second-order valence-corrected chi connectivity index (χ2v) is 6.00. The minimum Gasteiger partial charge on any atom is -0.485 e. The maximum Gasteiger partial charge on any atom is 0.265 e. The molecule has 0 saturated carbocycles. The van der Waals surface area contributed by atoms with Gasteiger partial charge in [0.15, 0.2) is 11.6 Å². The van der Waals surface area contributed by atoms with Gasteiger partial charge in [0.2, 0.25) is 0 Å². The molecule has 24 heavy (non-hydrogen) atoms. The molecule has 1 heterocycles. The van der Waals surface area contributed by atoms with Gasteiger partial charge in [-0.1, -0.05) is 36.4 Å². The molecule has 3 rings (SSSR count). The number of ether oxygens (including phenoxy) is 1. The van der Waals surface area contributed by atoms with Crippen molar-refractivity contribution in [2.75, 3.05) is 0 Å². The number of aryl methyl sites for hydroxylation is 1. The summed E-state index contributed by atoms with van der Waals surface area (Å²) in [5.74, 6) is -0.180. The highest BCUT2D eigenvalue weighted by molar-refractivity contribution is 9.10. The van der Waals surface area contributed by atoms with Crippen molar-refractivity contribution in [1.29, 1.82) is 0 Å². The molecule has 6 heteroatoms. The average Bonchev–Trinajstić information content (AvgIpc) is 2.59. The van der Waals surface area contributed by atoms with Crippen LogP contribution in [0.3, 0.4) is 0 Å². The van der Waals surface area contributed by atoms with E-state index in [4.69, 9.17) is 4.74 Å². The van der Waals surface area contributed by atoms with Crippen LogP contribution in [0.1, 0.15) is 11.3 Å². The zero-order valence-electron chi connectivity index (χ0n) is 12.8. The van der Waals surface area contributed by atoms with Gasteiger partial charge < -0.3 is 9.72 Å². The highest BCUT2D eigenvalue weighted by Crippen LogP contribution is 2.31. The van der Waals surface area contributed by atoms with Crippen LogP contribution in [0.15, 0.2) is 57.8 Å². The normalized spacial score (nSPS) is 10.6. The summed E-state index contributed by atoms with van der Waals surface area (Å²) in [5.41, 5.74) is 1.52. The Kier molecular flexibility index (Phi) is 4.76. The van der Waals surface area contributed by atoms with Crippen LogP contribution in [-0.2, 0) is 6.61 Å². The number of hydrogen-bond donors (Lipinski definition) is 1. The lowest BCUT2D eigenvalue weighted by Crippen LogP contribution is -2.12. The number of aromatic nitrogens is 2. The fourth-order valence-corrected chi connectivity index (χ4v) is 2.46. The minimum absolute atomic E-state index is 0.0613. The van der Waals surface area contributed by atoms with Gasteiger partial charge in [-0.25, -0.2) is 9.37 Å². The van der Waals surface area contributed by atoms with Gasteiger partial charge in [-0.2, -0.15) is 0 Å². The van der Waals surface area contributed by atoms with Crippen LogP contribution in [0, 0.1) is 12.7 Å². The Morgan fingerprint density at radius 2 is 1.92 bits per heavy atom. The molecular weight excluding hydrogens is 375 g/mol. The molecule has 122 valence electrons. The predicted octanol–water partition coefficient (Wildman–Crippen LogP) is 4.23. The molecule has 0 fully saturated rings. The predicted molar refractivity (Wildman–Crippen MR) is 93.5 cm³/mol. The Morgan fingerprint density at radius 1 is 1.17 bits per heavy atom. The molecule has 4 nitrogen and oxygen atoms in total. The SMILES string of the molecule is Cc1nc(-c2cccc(F)c2OCc2ccccc2)[nH]c(=O)c1Br. The number of benzene rings is 2. The van der Waals surface area contributed by atoms with Crippen LogP contribution in [-0.4, -0.2) is 9.97 Å². The summed E-state index contributed by atoms with van der Waals surface area (Å²) in [7, 11) is 0. The van der Waals surface area contributed by atoms with Gasteiger partial charge in [-0.05, 0) is 40.5 Å². The Morgan fingerprint density at radius 3 is 2.62 bits per heavy atom. The topological polar surface area (TPSA) is 55.0 Å². The smallest absolute Gasteiger partial charge is 0.265 e. The second kappa shape index (κ2) is 6.97. The van der Waals surface area contributed by atoms with E-state index in [2.05, 4.69) is 25.9 Å². The number of H-pyrrole nitrogens is 1. The largest absolute Gasteiger partial charge is 0.485 e. The molecule has 0 unspecified atom stereocenters. The molecule has 3 aromatic rings. The Balaban J connectivity index is 2.00. The van der Waals surface area contributed by atoms with Gasteiger partial charge in [0.05, 0.1) is 11.3 Å². The zero-order valence-corrected chi connectivity index (χ0v) is 14.4. The molecule has 0 atom stereocenters. The lowest BCUT2D eigenvalue weighted by Gasteiger charge is -2.12. The van der Waals surface area contributed by atoms with E-state index < -0.39 is 5.82 Å². The average molecular weight is 389 g/mol. The van der Waals surface area contributed by atoms with Crippen LogP contribution in [0.25, 0.3) is 11.4 Å². The van der Waals surface area contributed by atoms with Crippen molar-refractivity contribution in [3.05, 3.63) is 80.4 Å². The van der Waals surface area contributed by atoms with Crippen molar-refractivity contribution in [1.82, 2.24) is 9.97 Å². The van der Waals surface area contributed by atoms with Crippen LogP contribution in [0.4, 0.5) is 4.39 Å². The number of nitrogens with one attached hydrogen (secondary N) is 1. The van der Waals surface area contributed by atoms with E-state index in [1.165, 1.54) is 6.07 Å². The molecule has 0 amide bonds. The fraction of sp³-hybridized carbons (Fsp3) is 0.111. The van der Waals surface area contributed by atoms with E-state index in [1.807, 2.05) is 30.3 Å². The first-order valence-corrected chi connectivity index (χ1v) is 8.07. The first-order chi connectivity index (χ1) is 11.6. The highest BCUT2D eigenvalue weighted by atomic mass is 79.9. The Bertz CT molecular complexity index is 926. The number of halogens is 2. The van der Waals surface area contributed by atoms with Crippen LogP contribution in [0.5, 0.6) is 5.75 Å². The fourth-order valence-electron chi connectivity index (χ4n) is 2.27. The Hall–Kier alpha value is -2.47. The first-order valence-electron chi connectivity index (χ1n) is 7.28. The highest BCUT2D eigenvalue weighted by Gasteiger charge is 2.15. The van der Waals surface area contributed by atoms with Crippen molar-refractivity contribution in [3.8, 4) is 17.1 Å². The van der Waals surface area contributed by atoms with Gasteiger partial charge in [-0.15, -0.1) is 0 Å². The molecular formula is C18H14BrFN2O2. The van der Waals surface area contributed by atoms with Crippen molar-refractivity contribution in [2.45, 2.75) is 13.5 Å². The van der Waals surface area contributed by atoms with Crippen molar-refractivity contribution >= 4 is 15.9 Å². The lowest BCUT2D eigenvalue weighted by molar-refractivity contribution is 0.291. The monoisotopic (exact) mass is 388 g/mol. The molecule has 2 aromatic carbocycles. The lowest BCUT2D eigenvalue weighted by atomic mass is 10.1. The molecule has 0 aliphatic carbocycles. The maximum atomic E-state index is 14.3. The summed E-state index contributed by atoms with van der Waals surface area (Å²) in [5, 5.41) is 0. The summed E-state index contributed by atoms with van der Waals surface area (Å²) in [6.45, 7) is 1.92. The molecule has 0 saturated heterocycles. The van der Waals surface area contributed by atoms with E-state index in [0.29, 0.717) is 15.7 Å².